The standard InChI is InChI=1S/C3H4Cl2.H3O4P/c4-2-1-3-5;1-5(2,3)4/h1-2H,3H2;(H3,1,2,3,4). The third-order valence-corrected chi connectivity index (χ3v) is 0.535. The second-order valence-corrected chi connectivity index (χ2v) is 2.62. The maximum atomic E-state index is 8.88. The molecule has 7 heteroatoms. The van der Waals surface area contributed by atoms with Crippen molar-refractivity contribution < 1.29 is 19.2 Å². The first-order valence-corrected chi connectivity index (χ1v) is 4.55. The lowest BCUT2D eigenvalue weighted by molar-refractivity contribution is 0.275. The van der Waals surface area contributed by atoms with Crippen molar-refractivity contribution in [2.24, 2.45) is 0 Å². The first-order valence-electron chi connectivity index (χ1n) is 2.01. The van der Waals surface area contributed by atoms with Crippen molar-refractivity contribution in [3.05, 3.63) is 11.6 Å². The second-order valence-electron chi connectivity index (χ2n) is 1.03. The van der Waals surface area contributed by atoms with E-state index in [2.05, 4.69) is 0 Å². The van der Waals surface area contributed by atoms with Crippen molar-refractivity contribution in [3.8, 4) is 0 Å². The van der Waals surface area contributed by atoms with Gasteiger partial charge in [0.25, 0.3) is 0 Å². The topological polar surface area (TPSA) is 77.8 Å². The van der Waals surface area contributed by atoms with Crippen molar-refractivity contribution in [2.45, 2.75) is 0 Å². The fraction of sp³-hybridized carbons (Fsp3) is 0.333. The van der Waals surface area contributed by atoms with Crippen LogP contribution in [-0.4, -0.2) is 20.6 Å². The molecule has 0 saturated carbocycles. The molecule has 4 nitrogen and oxygen atoms in total. The summed E-state index contributed by atoms with van der Waals surface area (Å²) in [5, 5.41) is 0. The lowest BCUT2D eigenvalue weighted by Gasteiger charge is -1.82. The van der Waals surface area contributed by atoms with Crippen molar-refractivity contribution in [2.75, 3.05) is 5.88 Å². The lowest BCUT2D eigenvalue weighted by atomic mass is 10.8. The molecule has 0 aromatic rings. The summed E-state index contributed by atoms with van der Waals surface area (Å²) in [6.45, 7) is 0. The Morgan fingerprint density at radius 1 is 1.40 bits per heavy atom. The molecule has 10 heavy (non-hydrogen) atoms. The Morgan fingerprint density at radius 2 is 1.70 bits per heavy atom. The molecule has 0 amide bonds. The Kier molecular flexibility index (Phi) is 9.84. The van der Waals surface area contributed by atoms with E-state index in [0.717, 1.165) is 0 Å². The zero-order valence-electron chi connectivity index (χ0n) is 4.81. The summed E-state index contributed by atoms with van der Waals surface area (Å²) in [4.78, 5) is 21.6. The van der Waals surface area contributed by atoms with Crippen molar-refractivity contribution >= 4 is 31.0 Å². The van der Waals surface area contributed by atoms with Gasteiger partial charge in [0.1, 0.15) is 0 Å². The lowest BCUT2D eigenvalue weighted by Crippen LogP contribution is -1.66. The van der Waals surface area contributed by atoms with Gasteiger partial charge in [0.15, 0.2) is 0 Å². The van der Waals surface area contributed by atoms with E-state index in [9.17, 15) is 0 Å². The third-order valence-electron chi connectivity index (χ3n) is 0.178. The van der Waals surface area contributed by atoms with Gasteiger partial charge in [-0.05, 0) is 0 Å². The normalized spacial score (nSPS) is 10.9. The average molecular weight is 209 g/mol. The first kappa shape index (κ1) is 13.1. The maximum Gasteiger partial charge on any atom is 0.466 e. The molecular formula is C3H7Cl2O4P. The SMILES string of the molecule is ClC=CCCl.O=P(O)(O)O. The van der Waals surface area contributed by atoms with Gasteiger partial charge >= 0.3 is 7.82 Å². The Labute approximate surface area is 68.3 Å². The molecule has 0 heterocycles. The monoisotopic (exact) mass is 208 g/mol. The summed E-state index contributed by atoms with van der Waals surface area (Å²) < 4.78 is 8.88. The molecule has 3 N–H and O–H groups in total. The van der Waals surface area contributed by atoms with Crippen LogP contribution in [-0.2, 0) is 4.57 Å². The first-order chi connectivity index (χ1) is 4.41. The molecule has 0 saturated heterocycles. The van der Waals surface area contributed by atoms with E-state index < -0.39 is 7.82 Å². The minimum absolute atomic E-state index is 0.503. The highest BCUT2D eigenvalue weighted by molar-refractivity contribution is 7.45. The predicted octanol–water partition coefficient (Wildman–Crippen LogP) is 1.05. The van der Waals surface area contributed by atoms with Crippen molar-refractivity contribution in [3.63, 3.8) is 0 Å². The quantitative estimate of drug-likeness (QED) is 0.445. The second kappa shape index (κ2) is 7.54. The summed E-state index contributed by atoms with van der Waals surface area (Å²) >= 11 is 10.2. The van der Waals surface area contributed by atoms with Gasteiger partial charge < -0.3 is 14.7 Å². The predicted molar refractivity (Wildman–Crippen MR) is 40.0 cm³/mol. The van der Waals surface area contributed by atoms with Crippen LogP contribution in [0.5, 0.6) is 0 Å². The zero-order chi connectivity index (χ0) is 8.62. The molecule has 0 atom stereocenters. The number of phosphoric acid groups is 1. The minimum Gasteiger partial charge on any atom is -0.303 e. The Balaban J connectivity index is 0. The smallest absolute Gasteiger partial charge is 0.303 e. The van der Waals surface area contributed by atoms with Crippen LogP contribution in [0, 0.1) is 0 Å². The molecule has 0 aromatic carbocycles. The van der Waals surface area contributed by atoms with Gasteiger partial charge in [-0.25, -0.2) is 4.57 Å². The van der Waals surface area contributed by atoms with Gasteiger partial charge in [-0.15, -0.1) is 11.6 Å². The van der Waals surface area contributed by atoms with E-state index in [1.165, 1.54) is 5.54 Å². The summed E-state index contributed by atoms with van der Waals surface area (Å²) in [6.07, 6.45) is 1.66. The van der Waals surface area contributed by atoms with E-state index in [1.54, 1.807) is 6.08 Å². The number of alkyl halides is 1. The molecule has 0 radical (unpaired) electrons. The Bertz CT molecular complexity index is 122. The van der Waals surface area contributed by atoms with Crippen LogP contribution < -0.4 is 0 Å². The van der Waals surface area contributed by atoms with Gasteiger partial charge in [-0.2, -0.15) is 0 Å². The number of allylic oxidation sites excluding steroid dienone is 1. The molecule has 0 fully saturated rings. The maximum absolute atomic E-state index is 8.88. The molecule has 0 aliphatic heterocycles. The van der Waals surface area contributed by atoms with Gasteiger partial charge in [0.05, 0.1) is 0 Å². The Hall–Kier alpha value is 0.430. The summed E-state index contributed by atoms with van der Waals surface area (Å²) in [5.41, 5.74) is 1.40. The largest absolute Gasteiger partial charge is 0.466 e. The molecule has 0 aliphatic carbocycles. The van der Waals surface area contributed by atoms with Gasteiger partial charge in [0.2, 0.25) is 0 Å². The number of hydrogen-bond acceptors (Lipinski definition) is 1. The van der Waals surface area contributed by atoms with Crippen LogP contribution in [0.25, 0.3) is 0 Å². The molecular weight excluding hydrogens is 202 g/mol. The van der Waals surface area contributed by atoms with E-state index in [4.69, 9.17) is 42.4 Å². The number of halogens is 2. The minimum atomic E-state index is -4.64. The number of rotatable bonds is 1. The molecule has 0 bridgehead atoms. The van der Waals surface area contributed by atoms with Gasteiger partial charge in [-0.3, -0.25) is 0 Å². The average Bonchev–Trinajstić information content (AvgIpc) is 1.63. The Morgan fingerprint density at radius 3 is 1.70 bits per heavy atom. The summed E-state index contributed by atoms with van der Waals surface area (Å²) in [5.74, 6) is 0.503. The molecule has 0 aromatic heterocycles. The highest BCUT2D eigenvalue weighted by atomic mass is 35.5. The molecule has 0 rings (SSSR count). The highest BCUT2D eigenvalue weighted by Gasteiger charge is 2.00. The van der Waals surface area contributed by atoms with Crippen LogP contribution in [0.2, 0.25) is 0 Å². The van der Waals surface area contributed by atoms with E-state index in [0.29, 0.717) is 5.88 Å². The van der Waals surface area contributed by atoms with E-state index >= 15 is 0 Å². The molecule has 0 aliphatic rings. The summed E-state index contributed by atoms with van der Waals surface area (Å²) in [6, 6.07) is 0. The molecule has 0 spiro atoms. The van der Waals surface area contributed by atoms with Crippen molar-refractivity contribution in [1.29, 1.82) is 0 Å². The van der Waals surface area contributed by atoms with Crippen LogP contribution >= 0.6 is 31.0 Å². The number of hydrogen-bond donors (Lipinski definition) is 3. The van der Waals surface area contributed by atoms with E-state index in [1.807, 2.05) is 0 Å². The van der Waals surface area contributed by atoms with Gasteiger partial charge in [-0.1, -0.05) is 17.7 Å². The van der Waals surface area contributed by atoms with Crippen molar-refractivity contribution in [1.82, 2.24) is 0 Å². The molecule has 62 valence electrons. The highest BCUT2D eigenvalue weighted by Crippen LogP contribution is 2.25. The molecule has 0 unspecified atom stereocenters. The third kappa shape index (κ3) is 78.8. The van der Waals surface area contributed by atoms with E-state index in [-0.39, 0.29) is 0 Å². The van der Waals surface area contributed by atoms with Gasteiger partial charge in [0, 0.05) is 11.4 Å². The summed E-state index contributed by atoms with van der Waals surface area (Å²) in [7, 11) is -4.64. The fourth-order valence-electron chi connectivity index (χ4n) is 0.0337. The van der Waals surface area contributed by atoms with Crippen LogP contribution in [0.15, 0.2) is 11.6 Å². The fourth-order valence-corrected chi connectivity index (χ4v) is 0.303. The van der Waals surface area contributed by atoms with Crippen LogP contribution in [0.3, 0.4) is 0 Å². The van der Waals surface area contributed by atoms with Crippen LogP contribution in [0.4, 0.5) is 0 Å². The zero-order valence-corrected chi connectivity index (χ0v) is 7.22. The van der Waals surface area contributed by atoms with Crippen LogP contribution in [0.1, 0.15) is 0 Å².